The van der Waals surface area contributed by atoms with Crippen LogP contribution >= 0.6 is 0 Å². The summed E-state index contributed by atoms with van der Waals surface area (Å²) in [5.74, 6) is 0.881. The minimum absolute atomic E-state index is 0.340. The highest BCUT2D eigenvalue weighted by Crippen LogP contribution is 2.24. The number of benzene rings is 2. The average Bonchev–Trinajstić information content (AvgIpc) is 3.38. The maximum Gasteiger partial charge on any atom is 0.330 e. The molecule has 0 amide bonds. The lowest BCUT2D eigenvalue weighted by molar-refractivity contribution is -0.326. The summed E-state index contributed by atoms with van der Waals surface area (Å²) < 4.78 is 46.1. The minimum Gasteiger partial charge on any atom is -0.492 e. The third-order valence-electron chi connectivity index (χ3n) is 11.6. The van der Waals surface area contributed by atoms with Gasteiger partial charge in [-0.05, 0) is 61.1 Å². The van der Waals surface area contributed by atoms with E-state index in [1.807, 2.05) is 72.8 Å². The number of aromatic nitrogens is 2. The van der Waals surface area contributed by atoms with E-state index in [2.05, 4.69) is 23.1 Å². The highest BCUT2D eigenvalue weighted by Gasteiger charge is 2.29. The van der Waals surface area contributed by atoms with E-state index in [0.29, 0.717) is 52.9 Å². The highest BCUT2D eigenvalue weighted by atomic mass is 16.8. The van der Waals surface area contributed by atoms with E-state index in [1.54, 1.807) is 12.4 Å². The van der Waals surface area contributed by atoms with Gasteiger partial charge in [-0.25, -0.2) is 9.59 Å². The summed E-state index contributed by atoms with van der Waals surface area (Å²) in [6.07, 6.45) is 25.3. The lowest BCUT2D eigenvalue weighted by Crippen LogP contribution is -2.41. The Morgan fingerprint density at radius 1 is 0.471 bits per heavy atom. The summed E-state index contributed by atoms with van der Waals surface area (Å²) in [5.41, 5.74) is 5.79. The third kappa shape index (κ3) is 21.7. The molecule has 0 bridgehead atoms. The Balaban J connectivity index is 0.901. The molecule has 2 aromatic heterocycles. The van der Waals surface area contributed by atoms with Crippen molar-refractivity contribution in [2.24, 2.45) is 0 Å². The Morgan fingerprint density at radius 2 is 0.809 bits per heavy atom. The molecule has 0 N–H and O–H groups in total. The summed E-state index contributed by atoms with van der Waals surface area (Å²) in [6, 6.07) is 24.3. The smallest absolute Gasteiger partial charge is 0.330 e. The summed E-state index contributed by atoms with van der Waals surface area (Å²) in [4.78, 5) is 31.4. The van der Waals surface area contributed by atoms with Crippen molar-refractivity contribution in [3.05, 3.63) is 122 Å². The van der Waals surface area contributed by atoms with Crippen molar-refractivity contribution in [1.82, 2.24) is 9.97 Å². The first-order valence-corrected chi connectivity index (χ1v) is 24.9. The zero-order chi connectivity index (χ0) is 47.7. The minimum atomic E-state index is -0.651. The van der Waals surface area contributed by atoms with Crippen LogP contribution in [0.1, 0.15) is 127 Å². The molecule has 1 fully saturated rings. The summed E-state index contributed by atoms with van der Waals surface area (Å²) in [7, 11) is 0. The third-order valence-corrected chi connectivity index (χ3v) is 11.6. The van der Waals surface area contributed by atoms with E-state index in [9.17, 15) is 9.59 Å². The molecular formula is C56H74N2O10. The standard InChI is InChI=1S/C56H74N2O10/c1-3-53(59)63-37-21-17-13-9-5-7-11-15-19-35-61-49-31-33-51(57-41-49)47-27-23-45(24-28-47)43-67-55-56(66-40-39-65-55)68-44-46-25-29-48(30-26-46)52-34-32-50(42-58-52)62-36-20-16-12-8-6-10-14-18-22-38-64-54(60)4-2/h3-4,23-34,41-42,55-56H,1-2,5-22,35-40,43-44H2/t55-,56-/m1/s1. The van der Waals surface area contributed by atoms with Crippen LogP contribution in [0.3, 0.4) is 0 Å². The van der Waals surface area contributed by atoms with E-state index in [4.69, 9.17) is 37.9 Å². The molecule has 3 heterocycles. The highest BCUT2D eigenvalue weighted by molar-refractivity contribution is 5.81. The second-order valence-corrected chi connectivity index (χ2v) is 17.1. The largest absolute Gasteiger partial charge is 0.492 e. The van der Waals surface area contributed by atoms with Gasteiger partial charge in [-0.1, -0.05) is 152 Å². The topological polar surface area (TPSA) is 134 Å². The van der Waals surface area contributed by atoms with Crippen molar-refractivity contribution < 1.29 is 47.5 Å². The van der Waals surface area contributed by atoms with Gasteiger partial charge in [-0.2, -0.15) is 0 Å². The first kappa shape index (κ1) is 53.6. The number of rotatable bonds is 36. The molecule has 0 saturated carbocycles. The molecule has 2 atom stereocenters. The van der Waals surface area contributed by atoms with Crippen LogP contribution in [0.2, 0.25) is 0 Å². The molecular weight excluding hydrogens is 861 g/mol. The molecule has 1 aliphatic heterocycles. The van der Waals surface area contributed by atoms with E-state index < -0.39 is 12.6 Å². The van der Waals surface area contributed by atoms with E-state index in [0.717, 1.165) is 96.5 Å². The van der Waals surface area contributed by atoms with Crippen molar-refractivity contribution in [3.63, 3.8) is 0 Å². The van der Waals surface area contributed by atoms with Crippen LogP contribution in [-0.4, -0.2) is 74.1 Å². The Labute approximate surface area is 404 Å². The zero-order valence-corrected chi connectivity index (χ0v) is 40.2. The summed E-state index contributed by atoms with van der Waals surface area (Å²) in [6.45, 7) is 10.7. The molecule has 2 aromatic carbocycles. The van der Waals surface area contributed by atoms with E-state index >= 15 is 0 Å². The normalized spacial score (nSPS) is 14.5. The van der Waals surface area contributed by atoms with Crippen LogP contribution in [0.15, 0.2) is 111 Å². The Kier molecular flexibility index (Phi) is 26.1. The predicted molar refractivity (Wildman–Crippen MR) is 265 cm³/mol. The molecule has 0 radical (unpaired) electrons. The van der Waals surface area contributed by atoms with Crippen molar-refractivity contribution in [2.75, 3.05) is 39.6 Å². The van der Waals surface area contributed by atoms with Crippen LogP contribution in [0, 0.1) is 0 Å². The number of pyridine rings is 2. The Bertz CT molecular complexity index is 1850. The van der Waals surface area contributed by atoms with Gasteiger partial charge in [0.05, 0.1) is 76.6 Å². The monoisotopic (exact) mass is 935 g/mol. The predicted octanol–water partition coefficient (Wildman–Crippen LogP) is 12.5. The van der Waals surface area contributed by atoms with Crippen LogP contribution in [0.4, 0.5) is 0 Å². The molecule has 68 heavy (non-hydrogen) atoms. The summed E-state index contributed by atoms with van der Waals surface area (Å²) >= 11 is 0. The molecule has 4 aromatic rings. The number of nitrogens with zero attached hydrogens (tertiary/aromatic N) is 2. The van der Waals surface area contributed by atoms with Gasteiger partial charge in [0.2, 0.25) is 12.6 Å². The number of ether oxygens (including phenoxy) is 8. The number of hydrogen-bond donors (Lipinski definition) is 0. The van der Waals surface area contributed by atoms with Crippen LogP contribution < -0.4 is 9.47 Å². The second kappa shape index (κ2) is 33.2. The first-order chi connectivity index (χ1) is 33.5. The van der Waals surface area contributed by atoms with Crippen molar-refractivity contribution in [3.8, 4) is 34.0 Å². The quantitative estimate of drug-likeness (QED) is 0.0244. The van der Waals surface area contributed by atoms with Gasteiger partial charge in [0.1, 0.15) is 11.5 Å². The maximum atomic E-state index is 11.1. The molecule has 12 nitrogen and oxygen atoms in total. The Morgan fingerprint density at radius 3 is 1.13 bits per heavy atom. The Hall–Kier alpha value is -5.40. The number of unbranched alkanes of at least 4 members (excludes halogenated alkanes) is 16. The van der Waals surface area contributed by atoms with E-state index in [1.165, 1.54) is 76.4 Å². The average molecular weight is 935 g/mol. The van der Waals surface area contributed by atoms with Gasteiger partial charge in [0.15, 0.2) is 0 Å². The van der Waals surface area contributed by atoms with Gasteiger partial charge in [0, 0.05) is 23.3 Å². The van der Waals surface area contributed by atoms with E-state index in [-0.39, 0.29) is 11.9 Å². The molecule has 0 spiro atoms. The number of esters is 2. The summed E-state index contributed by atoms with van der Waals surface area (Å²) in [5, 5.41) is 0. The molecule has 1 aliphatic rings. The second-order valence-electron chi connectivity index (χ2n) is 17.1. The van der Waals surface area contributed by atoms with Crippen molar-refractivity contribution in [1.29, 1.82) is 0 Å². The molecule has 12 heteroatoms. The number of carbonyl (C=O) groups is 2. The van der Waals surface area contributed by atoms with Gasteiger partial charge in [-0.15, -0.1) is 0 Å². The lowest BCUT2D eigenvalue weighted by atomic mass is 10.1. The van der Waals surface area contributed by atoms with Gasteiger partial charge < -0.3 is 37.9 Å². The van der Waals surface area contributed by atoms with Gasteiger partial charge in [0.25, 0.3) is 0 Å². The first-order valence-electron chi connectivity index (χ1n) is 24.9. The molecule has 0 aliphatic carbocycles. The molecule has 0 unspecified atom stereocenters. The number of hydrogen-bond acceptors (Lipinski definition) is 12. The van der Waals surface area contributed by atoms with Crippen molar-refractivity contribution in [2.45, 2.75) is 141 Å². The van der Waals surface area contributed by atoms with Crippen LogP contribution in [0.5, 0.6) is 11.5 Å². The fourth-order valence-corrected chi connectivity index (χ4v) is 7.64. The number of carbonyl (C=O) groups excluding carboxylic acids is 2. The van der Waals surface area contributed by atoms with Gasteiger partial charge in [-0.3, -0.25) is 9.97 Å². The van der Waals surface area contributed by atoms with Gasteiger partial charge >= 0.3 is 11.9 Å². The molecule has 368 valence electrons. The van der Waals surface area contributed by atoms with Crippen LogP contribution in [-0.2, 0) is 51.2 Å². The van der Waals surface area contributed by atoms with Crippen LogP contribution in [0.25, 0.3) is 22.5 Å². The molecule has 1 saturated heterocycles. The fraction of sp³-hybridized carbons (Fsp3) is 0.500. The maximum absolute atomic E-state index is 11.1. The fourth-order valence-electron chi connectivity index (χ4n) is 7.64. The lowest BCUT2D eigenvalue weighted by Gasteiger charge is -2.31. The zero-order valence-electron chi connectivity index (χ0n) is 40.2. The van der Waals surface area contributed by atoms with Crippen molar-refractivity contribution >= 4 is 11.9 Å². The molecule has 5 rings (SSSR count). The SMILES string of the molecule is C=CC(=O)OCCCCCCCCCCCOc1ccc(-c2ccc(CO[C@H]3OCCO[C@@H]3OCc3ccc(-c4ccc(OCCCCCCCCCCCOC(=O)C=C)cn4)cc3)cc2)nc1.